The first-order valence-corrected chi connectivity index (χ1v) is 9.79. The SMILES string of the molecule is COc1ccc(-c2nc(NC(=O)c3nn(-c4ccccc4)nc3C)sc2C)cc1. The summed E-state index contributed by atoms with van der Waals surface area (Å²) in [6.07, 6.45) is 0. The molecule has 8 heteroatoms. The smallest absolute Gasteiger partial charge is 0.279 e. The Morgan fingerprint density at radius 3 is 2.45 bits per heavy atom. The van der Waals surface area contributed by atoms with Crippen molar-refractivity contribution in [2.24, 2.45) is 0 Å². The van der Waals surface area contributed by atoms with E-state index in [0.29, 0.717) is 10.8 Å². The maximum Gasteiger partial charge on any atom is 0.279 e. The summed E-state index contributed by atoms with van der Waals surface area (Å²) in [5, 5.41) is 12.1. The average Bonchev–Trinajstić information content (AvgIpc) is 3.31. The lowest BCUT2D eigenvalue weighted by molar-refractivity contribution is 0.102. The molecule has 2 aromatic carbocycles. The third-order valence-electron chi connectivity index (χ3n) is 4.36. The third-order valence-corrected chi connectivity index (χ3v) is 5.25. The zero-order valence-electron chi connectivity index (χ0n) is 16.2. The molecule has 0 aliphatic heterocycles. The van der Waals surface area contributed by atoms with Crippen LogP contribution < -0.4 is 10.1 Å². The molecule has 2 aromatic heterocycles. The summed E-state index contributed by atoms with van der Waals surface area (Å²) in [4.78, 5) is 19.8. The van der Waals surface area contributed by atoms with Crippen molar-refractivity contribution in [3.8, 4) is 22.7 Å². The third kappa shape index (κ3) is 3.88. The number of anilines is 1. The number of hydrogen-bond acceptors (Lipinski definition) is 6. The second kappa shape index (κ2) is 7.84. The normalized spacial score (nSPS) is 10.7. The number of nitrogens with one attached hydrogen (secondary N) is 1. The van der Waals surface area contributed by atoms with E-state index in [1.54, 1.807) is 14.0 Å². The van der Waals surface area contributed by atoms with Crippen molar-refractivity contribution in [2.75, 3.05) is 12.4 Å². The number of methoxy groups -OCH3 is 1. The van der Waals surface area contributed by atoms with Gasteiger partial charge in [-0.25, -0.2) is 4.98 Å². The van der Waals surface area contributed by atoms with Crippen molar-refractivity contribution in [2.45, 2.75) is 13.8 Å². The number of carbonyl (C=O) groups is 1. The van der Waals surface area contributed by atoms with Crippen molar-refractivity contribution in [3.05, 3.63) is 70.9 Å². The highest BCUT2D eigenvalue weighted by Gasteiger charge is 2.19. The standard InChI is InChI=1S/C21H19N5O2S/c1-13-18(25-26(24-13)16-7-5-4-6-8-16)20(27)23-21-22-19(14(2)29-21)15-9-11-17(28-3)12-10-15/h4-12H,1-3H3,(H,22,23,27). The summed E-state index contributed by atoms with van der Waals surface area (Å²) in [5.74, 6) is 0.451. The lowest BCUT2D eigenvalue weighted by Crippen LogP contribution is -2.14. The molecule has 2 heterocycles. The van der Waals surface area contributed by atoms with Gasteiger partial charge >= 0.3 is 0 Å². The number of carbonyl (C=O) groups excluding carboxylic acids is 1. The number of nitrogens with zero attached hydrogens (tertiary/aromatic N) is 4. The molecule has 0 radical (unpaired) electrons. The number of aromatic nitrogens is 4. The Morgan fingerprint density at radius 2 is 1.76 bits per heavy atom. The van der Waals surface area contributed by atoms with Gasteiger partial charge in [-0.15, -0.1) is 16.4 Å². The molecule has 0 spiro atoms. The van der Waals surface area contributed by atoms with Crippen LogP contribution in [0.4, 0.5) is 5.13 Å². The van der Waals surface area contributed by atoms with Crippen LogP contribution >= 0.6 is 11.3 Å². The van der Waals surface area contributed by atoms with E-state index in [9.17, 15) is 4.79 Å². The molecule has 0 aliphatic carbocycles. The molecule has 0 atom stereocenters. The second-order valence-electron chi connectivity index (χ2n) is 6.37. The van der Waals surface area contributed by atoms with Crippen LogP contribution in [0, 0.1) is 13.8 Å². The Balaban J connectivity index is 1.55. The topological polar surface area (TPSA) is 81.9 Å². The molecular formula is C21H19N5O2S. The summed E-state index contributed by atoms with van der Waals surface area (Å²) in [6.45, 7) is 3.74. The van der Waals surface area contributed by atoms with Crippen molar-refractivity contribution in [3.63, 3.8) is 0 Å². The van der Waals surface area contributed by atoms with E-state index in [4.69, 9.17) is 4.74 Å². The van der Waals surface area contributed by atoms with Crippen LogP contribution in [0.25, 0.3) is 16.9 Å². The van der Waals surface area contributed by atoms with Crippen LogP contribution in [0.1, 0.15) is 21.1 Å². The second-order valence-corrected chi connectivity index (χ2v) is 7.57. The van der Waals surface area contributed by atoms with Gasteiger partial charge in [0.1, 0.15) is 5.75 Å². The number of amides is 1. The van der Waals surface area contributed by atoms with E-state index in [2.05, 4.69) is 20.5 Å². The number of aryl methyl sites for hydroxylation is 2. The van der Waals surface area contributed by atoms with Crippen LogP contribution in [-0.4, -0.2) is 33.0 Å². The van der Waals surface area contributed by atoms with Crippen LogP contribution in [0.2, 0.25) is 0 Å². The maximum atomic E-state index is 12.7. The van der Waals surface area contributed by atoms with Gasteiger partial charge in [-0.2, -0.15) is 9.90 Å². The lowest BCUT2D eigenvalue weighted by atomic mass is 10.1. The largest absolute Gasteiger partial charge is 0.497 e. The molecule has 0 fully saturated rings. The zero-order valence-corrected chi connectivity index (χ0v) is 17.0. The average molecular weight is 405 g/mol. The molecule has 4 rings (SSSR count). The first-order chi connectivity index (χ1) is 14.0. The van der Waals surface area contributed by atoms with E-state index in [0.717, 1.165) is 27.6 Å². The molecule has 29 heavy (non-hydrogen) atoms. The van der Waals surface area contributed by atoms with Gasteiger partial charge in [0.15, 0.2) is 10.8 Å². The Kier molecular flexibility index (Phi) is 5.09. The number of benzene rings is 2. The Hall–Kier alpha value is -3.52. The molecule has 0 unspecified atom stereocenters. The summed E-state index contributed by atoms with van der Waals surface area (Å²) in [6, 6.07) is 17.1. The predicted octanol–water partition coefficient (Wildman–Crippen LogP) is 4.27. The summed E-state index contributed by atoms with van der Waals surface area (Å²) < 4.78 is 5.20. The first kappa shape index (κ1) is 18.8. The van der Waals surface area contributed by atoms with Gasteiger partial charge in [0.2, 0.25) is 0 Å². The Morgan fingerprint density at radius 1 is 1.03 bits per heavy atom. The highest BCUT2D eigenvalue weighted by atomic mass is 32.1. The van der Waals surface area contributed by atoms with Crippen LogP contribution in [0.3, 0.4) is 0 Å². The summed E-state index contributed by atoms with van der Waals surface area (Å²) >= 11 is 1.42. The number of hydrogen-bond donors (Lipinski definition) is 1. The molecule has 1 amide bonds. The zero-order chi connectivity index (χ0) is 20.4. The van der Waals surface area contributed by atoms with E-state index >= 15 is 0 Å². The van der Waals surface area contributed by atoms with Gasteiger partial charge < -0.3 is 4.74 Å². The summed E-state index contributed by atoms with van der Waals surface area (Å²) in [7, 11) is 1.63. The van der Waals surface area contributed by atoms with E-state index < -0.39 is 0 Å². The van der Waals surface area contributed by atoms with Gasteiger partial charge in [0, 0.05) is 10.4 Å². The minimum Gasteiger partial charge on any atom is -0.497 e. The molecule has 0 aliphatic rings. The molecule has 1 N–H and O–H groups in total. The van der Waals surface area contributed by atoms with E-state index in [1.807, 2.05) is 61.5 Å². The minimum atomic E-state index is -0.334. The van der Waals surface area contributed by atoms with Crippen LogP contribution in [-0.2, 0) is 0 Å². The van der Waals surface area contributed by atoms with Gasteiger partial charge in [-0.3, -0.25) is 10.1 Å². The number of rotatable bonds is 5. The molecule has 0 saturated heterocycles. The molecule has 4 aromatic rings. The Bertz CT molecular complexity index is 1150. The predicted molar refractivity (Wildman–Crippen MR) is 113 cm³/mol. The van der Waals surface area contributed by atoms with Crippen molar-refractivity contribution in [1.29, 1.82) is 0 Å². The fourth-order valence-electron chi connectivity index (χ4n) is 2.89. The van der Waals surface area contributed by atoms with E-state index in [-0.39, 0.29) is 11.6 Å². The fourth-order valence-corrected chi connectivity index (χ4v) is 3.72. The molecule has 146 valence electrons. The van der Waals surface area contributed by atoms with Crippen LogP contribution in [0.5, 0.6) is 5.75 Å². The van der Waals surface area contributed by atoms with Crippen molar-refractivity contribution >= 4 is 22.4 Å². The quantitative estimate of drug-likeness (QED) is 0.536. The van der Waals surface area contributed by atoms with Crippen LogP contribution in [0.15, 0.2) is 54.6 Å². The van der Waals surface area contributed by atoms with Gasteiger partial charge in [-0.1, -0.05) is 18.2 Å². The van der Waals surface area contributed by atoms with Gasteiger partial charge in [0.05, 0.1) is 24.2 Å². The monoisotopic (exact) mass is 405 g/mol. The fraction of sp³-hybridized carbons (Fsp3) is 0.143. The first-order valence-electron chi connectivity index (χ1n) is 8.97. The van der Waals surface area contributed by atoms with E-state index in [1.165, 1.54) is 16.1 Å². The van der Waals surface area contributed by atoms with Gasteiger partial charge in [-0.05, 0) is 50.2 Å². The lowest BCUT2D eigenvalue weighted by Gasteiger charge is -2.02. The highest BCUT2D eigenvalue weighted by Crippen LogP contribution is 2.31. The maximum absolute atomic E-state index is 12.7. The number of para-hydroxylation sites is 1. The Labute approximate surface area is 172 Å². The molecule has 0 bridgehead atoms. The molecule has 7 nitrogen and oxygen atoms in total. The highest BCUT2D eigenvalue weighted by molar-refractivity contribution is 7.16. The molecule has 0 saturated carbocycles. The number of thiazole rings is 1. The number of ether oxygens (including phenoxy) is 1. The van der Waals surface area contributed by atoms with Gasteiger partial charge in [0.25, 0.3) is 5.91 Å². The minimum absolute atomic E-state index is 0.271. The van der Waals surface area contributed by atoms with Crippen molar-refractivity contribution in [1.82, 2.24) is 20.0 Å². The van der Waals surface area contributed by atoms with Crippen molar-refractivity contribution < 1.29 is 9.53 Å². The molecular weight excluding hydrogens is 386 g/mol. The summed E-state index contributed by atoms with van der Waals surface area (Å²) in [5.41, 5.74) is 3.41.